The van der Waals surface area contributed by atoms with E-state index in [1.54, 1.807) is 0 Å². The SMILES string of the molecule is [C-]#[N+]C(C)(N=[N+]=[N-])OC1C[C@H](n2ccc3c(=O)[nH]c(N)nc32)O[C@@H]1COP(=O)(O)OP(=O)(O)OP(=O)(O)O. The van der Waals surface area contributed by atoms with Gasteiger partial charge in [0.1, 0.15) is 12.3 Å². The quantitative estimate of drug-likeness (QED) is 0.0694. The van der Waals surface area contributed by atoms with Crippen molar-refractivity contribution in [2.75, 3.05) is 12.3 Å². The number of nitrogens with two attached hydrogens (primary N) is 1. The van der Waals surface area contributed by atoms with Crippen molar-refractivity contribution in [3.8, 4) is 0 Å². The molecule has 1 aliphatic rings. The molecule has 208 valence electrons. The molecular formula is C14H19N8O13P3. The average molecular weight is 600 g/mol. The monoisotopic (exact) mass is 600 g/mol. The zero-order valence-corrected chi connectivity index (χ0v) is 21.5. The van der Waals surface area contributed by atoms with Crippen molar-refractivity contribution in [3.63, 3.8) is 0 Å². The van der Waals surface area contributed by atoms with Gasteiger partial charge in [0.2, 0.25) is 5.95 Å². The minimum absolute atomic E-state index is 0.0894. The first-order valence-electron chi connectivity index (χ1n) is 9.89. The lowest BCUT2D eigenvalue weighted by Gasteiger charge is -2.23. The summed E-state index contributed by atoms with van der Waals surface area (Å²) in [5.41, 5.74) is 13.9. The Morgan fingerprint density at radius 2 is 2.03 bits per heavy atom. The van der Waals surface area contributed by atoms with Crippen LogP contribution in [-0.4, -0.2) is 58.8 Å². The number of azide groups is 1. The van der Waals surface area contributed by atoms with Crippen LogP contribution in [-0.2, 0) is 36.3 Å². The molecule has 0 radical (unpaired) electrons. The van der Waals surface area contributed by atoms with Crippen molar-refractivity contribution in [3.05, 3.63) is 44.5 Å². The number of hydrogen-bond acceptors (Lipinski definition) is 12. The van der Waals surface area contributed by atoms with Gasteiger partial charge < -0.3 is 34.6 Å². The van der Waals surface area contributed by atoms with E-state index in [1.807, 2.05) is 0 Å². The molecule has 6 atom stereocenters. The first-order chi connectivity index (χ1) is 17.5. The predicted molar refractivity (Wildman–Crippen MR) is 122 cm³/mol. The van der Waals surface area contributed by atoms with Gasteiger partial charge in [0, 0.05) is 29.6 Å². The Kier molecular flexibility index (Phi) is 8.53. The second-order valence-electron chi connectivity index (χ2n) is 7.55. The molecule has 0 bridgehead atoms. The lowest BCUT2D eigenvalue weighted by Crippen LogP contribution is -2.35. The van der Waals surface area contributed by atoms with Gasteiger partial charge in [0.05, 0.1) is 18.1 Å². The van der Waals surface area contributed by atoms with Crippen LogP contribution in [0.15, 0.2) is 22.2 Å². The molecule has 0 amide bonds. The summed E-state index contributed by atoms with van der Waals surface area (Å²) in [6, 6.07) is 1.41. The fourth-order valence-corrected chi connectivity index (χ4v) is 6.38. The molecule has 3 rings (SSSR count). The largest absolute Gasteiger partial charge is 0.490 e. The van der Waals surface area contributed by atoms with Gasteiger partial charge >= 0.3 is 29.3 Å². The maximum Gasteiger partial charge on any atom is 0.490 e. The molecular weight excluding hydrogens is 581 g/mol. The van der Waals surface area contributed by atoms with Crippen molar-refractivity contribution in [1.82, 2.24) is 14.5 Å². The smallest absolute Gasteiger partial charge is 0.369 e. The molecule has 24 heteroatoms. The number of aromatic amines is 1. The lowest BCUT2D eigenvalue weighted by molar-refractivity contribution is -0.0985. The maximum atomic E-state index is 12.1. The highest BCUT2D eigenvalue weighted by Gasteiger charge is 2.46. The minimum atomic E-state index is -5.77. The molecule has 1 aliphatic heterocycles. The molecule has 7 N–H and O–H groups in total. The molecule has 3 heterocycles. The van der Waals surface area contributed by atoms with Crippen LogP contribution < -0.4 is 11.3 Å². The van der Waals surface area contributed by atoms with E-state index in [1.165, 1.54) is 16.8 Å². The van der Waals surface area contributed by atoms with Crippen molar-refractivity contribution >= 4 is 40.4 Å². The van der Waals surface area contributed by atoms with Crippen molar-refractivity contribution < 1.29 is 55.9 Å². The summed E-state index contributed by atoms with van der Waals surface area (Å²) in [6.07, 6.45) is -2.28. The number of aromatic nitrogens is 3. The van der Waals surface area contributed by atoms with Crippen molar-refractivity contribution in [2.24, 2.45) is 5.11 Å². The molecule has 1 fully saturated rings. The molecule has 38 heavy (non-hydrogen) atoms. The summed E-state index contributed by atoms with van der Waals surface area (Å²) in [6.45, 7) is 7.46. The van der Waals surface area contributed by atoms with Gasteiger partial charge in [-0.15, -0.1) is 0 Å². The topological polar surface area (TPSA) is 308 Å². The van der Waals surface area contributed by atoms with E-state index in [0.29, 0.717) is 0 Å². The van der Waals surface area contributed by atoms with Crippen LogP contribution in [0.1, 0.15) is 19.6 Å². The van der Waals surface area contributed by atoms with Crippen LogP contribution in [0.2, 0.25) is 0 Å². The van der Waals surface area contributed by atoms with E-state index < -0.39 is 59.9 Å². The molecule has 21 nitrogen and oxygen atoms in total. The van der Waals surface area contributed by atoms with E-state index >= 15 is 0 Å². The van der Waals surface area contributed by atoms with Crippen LogP contribution >= 0.6 is 23.5 Å². The molecule has 4 unspecified atom stereocenters. The van der Waals surface area contributed by atoms with Crippen LogP contribution in [0.25, 0.3) is 26.3 Å². The predicted octanol–water partition coefficient (Wildman–Crippen LogP) is 1.23. The Hall–Kier alpha value is -2.65. The third kappa shape index (κ3) is 7.47. The van der Waals surface area contributed by atoms with E-state index in [4.69, 9.17) is 37.1 Å². The number of ether oxygens (including phenoxy) is 2. The first-order valence-corrected chi connectivity index (χ1v) is 14.4. The van der Waals surface area contributed by atoms with Gasteiger partial charge in [-0.3, -0.25) is 23.9 Å². The average Bonchev–Trinajstić information content (AvgIpc) is 3.33. The van der Waals surface area contributed by atoms with Crippen molar-refractivity contribution in [1.29, 1.82) is 0 Å². The number of rotatable bonds is 11. The number of nitrogens with zero attached hydrogens (tertiary/aromatic N) is 6. The fraction of sp³-hybridized carbons (Fsp3) is 0.500. The number of anilines is 1. The normalized spacial score (nSPS) is 24.6. The highest BCUT2D eigenvalue weighted by Crippen LogP contribution is 2.66. The Labute approximate surface area is 211 Å². The standard InChI is InChI=1S/C14H19N8O13P3/c1-14(17-2,20-21-16)33-8-5-10(22-4-3-7-11(22)18-13(15)19-12(7)23)32-9(8)6-31-37(27,28)35-38(29,30)34-36(24,25)26/h3-4,8-10H,5-6H2,1H3,(H,27,28)(H,29,30)(H2,24,25,26)(H3,15,18,19,23)/t8?,9-,10-,14?/m1/s1. The zero-order valence-electron chi connectivity index (χ0n) is 18.9. The van der Waals surface area contributed by atoms with Crippen LogP contribution in [0.3, 0.4) is 0 Å². The lowest BCUT2D eigenvalue weighted by atomic mass is 10.2. The van der Waals surface area contributed by atoms with Crippen LogP contribution in [0.5, 0.6) is 0 Å². The number of phosphoric ester groups is 1. The van der Waals surface area contributed by atoms with Crippen molar-refractivity contribution in [2.45, 2.75) is 37.6 Å². The number of phosphoric acid groups is 3. The van der Waals surface area contributed by atoms with Crippen LogP contribution in [0, 0.1) is 6.57 Å². The zero-order chi connectivity index (χ0) is 28.5. The molecule has 0 aliphatic carbocycles. The Morgan fingerprint density at radius 1 is 1.34 bits per heavy atom. The van der Waals surface area contributed by atoms with Crippen LogP contribution in [0.4, 0.5) is 5.95 Å². The molecule has 0 saturated carbocycles. The Balaban J connectivity index is 1.86. The molecule has 2 aromatic rings. The number of hydrogen-bond donors (Lipinski definition) is 6. The summed E-state index contributed by atoms with van der Waals surface area (Å²) in [7, 11) is -16.9. The third-order valence-corrected chi connectivity index (χ3v) is 8.52. The van der Waals surface area contributed by atoms with Gasteiger partial charge in [-0.2, -0.15) is 13.6 Å². The van der Waals surface area contributed by atoms with E-state index in [9.17, 15) is 28.3 Å². The number of H-pyrrole nitrogens is 1. The summed E-state index contributed by atoms with van der Waals surface area (Å²) in [5.74, 6) is -2.30. The van der Waals surface area contributed by atoms with Gasteiger partial charge in [0.15, 0.2) is 5.65 Å². The summed E-state index contributed by atoms with van der Waals surface area (Å²) < 4.78 is 59.2. The van der Waals surface area contributed by atoms with Gasteiger partial charge in [-0.25, -0.2) is 20.3 Å². The fourth-order valence-electron chi connectivity index (χ4n) is 3.35. The molecule has 0 spiro atoms. The summed E-state index contributed by atoms with van der Waals surface area (Å²) in [4.78, 5) is 60.5. The van der Waals surface area contributed by atoms with Gasteiger partial charge in [-0.05, 0) is 11.6 Å². The second-order valence-corrected chi connectivity index (χ2v) is 12.0. The second kappa shape index (κ2) is 10.8. The van der Waals surface area contributed by atoms with E-state index in [0.717, 1.165) is 6.92 Å². The minimum Gasteiger partial charge on any atom is -0.369 e. The Bertz CT molecular complexity index is 1510. The highest BCUT2D eigenvalue weighted by molar-refractivity contribution is 7.66. The summed E-state index contributed by atoms with van der Waals surface area (Å²) in [5, 5.41) is 3.40. The van der Waals surface area contributed by atoms with E-state index in [-0.39, 0.29) is 23.4 Å². The highest BCUT2D eigenvalue weighted by atomic mass is 31.3. The molecule has 2 aromatic heterocycles. The number of fused-ring (bicyclic) bond motifs is 1. The number of nitrogen functional groups attached to an aromatic ring is 1. The molecule has 0 aromatic carbocycles. The molecule has 1 saturated heterocycles. The first kappa shape index (κ1) is 29.9. The van der Waals surface area contributed by atoms with Gasteiger partial charge in [0.25, 0.3) is 5.56 Å². The summed E-state index contributed by atoms with van der Waals surface area (Å²) >= 11 is 0. The van der Waals surface area contributed by atoms with E-state index in [2.05, 4.69) is 38.0 Å². The third-order valence-electron chi connectivity index (χ3n) is 4.72. The van der Waals surface area contributed by atoms with Gasteiger partial charge in [-0.1, -0.05) is 0 Å². The maximum absolute atomic E-state index is 12.1. The number of nitrogens with one attached hydrogen (secondary N) is 1. The Morgan fingerprint density at radius 3 is 2.63 bits per heavy atom.